The van der Waals surface area contributed by atoms with Crippen molar-refractivity contribution in [3.8, 4) is 0 Å². The van der Waals surface area contributed by atoms with Crippen molar-refractivity contribution >= 4 is 29.3 Å². The van der Waals surface area contributed by atoms with Crippen molar-refractivity contribution in [3.63, 3.8) is 0 Å². The van der Waals surface area contributed by atoms with Gasteiger partial charge >= 0.3 is 0 Å². The Morgan fingerprint density at radius 3 is 2.83 bits per heavy atom. The van der Waals surface area contributed by atoms with Crippen molar-refractivity contribution in [1.29, 1.82) is 0 Å². The minimum Gasteiger partial charge on any atom is -0.375 e. The third-order valence-electron chi connectivity index (χ3n) is 5.79. The van der Waals surface area contributed by atoms with Crippen molar-refractivity contribution in [3.05, 3.63) is 35.7 Å². The molecule has 0 spiro atoms. The van der Waals surface area contributed by atoms with Crippen LogP contribution >= 0.6 is 0 Å². The first-order valence-electron chi connectivity index (χ1n) is 10.6. The number of anilines is 2. The van der Waals surface area contributed by atoms with Crippen LogP contribution in [0, 0.1) is 0 Å². The molecule has 2 aromatic heterocycles. The number of hydrogen-bond donors (Lipinski definition) is 3. The molecule has 2 aromatic rings. The highest BCUT2D eigenvalue weighted by Crippen LogP contribution is 2.30. The topological polar surface area (TPSA) is 92.6 Å². The van der Waals surface area contributed by atoms with Gasteiger partial charge < -0.3 is 20.7 Å². The number of rotatable bonds is 5. The van der Waals surface area contributed by atoms with Gasteiger partial charge in [-0.1, -0.05) is 6.58 Å². The molecule has 8 nitrogen and oxygen atoms in total. The molecular weight excluding hydrogens is 380 g/mol. The molecule has 158 valence electrons. The van der Waals surface area contributed by atoms with E-state index < -0.39 is 0 Å². The summed E-state index contributed by atoms with van der Waals surface area (Å²) in [4.78, 5) is 17.0. The predicted octanol–water partition coefficient (Wildman–Crippen LogP) is 3.09. The molecule has 3 N–H and O–H groups in total. The molecule has 1 atom stereocenters. The van der Waals surface area contributed by atoms with Crippen molar-refractivity contribution in [2.75, 3.05) is 17.2 Å². The van der Waals surface area contributed by atoms with E-state index >= 15 is 0 Å². The summed E-state index contributed by atoms with van der Waals surface area (Å²) in [7, 11) is 0. The smallest absolute Gasteiger partial charge is 0.251 e. The quantitative estimate of drug-likeness (QED) is 0.659. The van der Waals surface area contributed by atoms with E-state index in [1.165, 1.54) is 12.8 Å². The highest BCUT2D eigenvalue weighted by molar-refractivity contribution is 6.02. The average Bonchev–Trinajstić information content (AvgIpc) is 3.30. The fourth-order valence-electron chi connectivity index (χ4n) is 4.16. The van der Waals surface area contributed by atoms with Crippen LogP contribution in [0.25, 0.3) is 11.7 Å². The predicted molar refractivity (Wildman–Crippen MR) is 116 cm³/mol. The molecular formula is C22H28N6O2. The van der Waals surface area contributed by atoms with Gasteiger partial charge in [0.15, 0.2) is 5.65 Å². The molecule has 3 aliphatic rings. The highest BCUT2D eigenvalue weighted by Gasteiger charge is 2.29. The summed E-state index contributed by atoms with van der Waals surface area (Å²) in [6.07, 6.45) is 8.36. The number of allylic oxidation sites excluding steroid dienone is 1. The van der Waals surface area contributed by atoms with Crippen molar-refractivity contribution in [2.24, 2.45) is 0 Å². The average molecular weight is 409 g/mol. The van der Waals surface area contributed by atoms with Crippen LogP contribution < -0.4 is 16.0 Å². The summed E-state index contributed by atoms with van der Waals surface area (Å²) < 4.78 is 7.67. The number of amides is 1. The summed E-state index contributed by atoms with van der Waals surface area (Å²) in [5.74, 6) is 1.63. The Hall–Kier alpha value is -2.87. The SMILES string of the molecule is C=C1C/C(=C\c2cnn3c(NC4CC4)cc(NC4CCOC(C)(C)C4)nc23)C(=O)N1. The molecule has 2 aliphatic heterocycles. The molecule has 4 heterocycles. The molecule has 1 saturated carbocycles. The summed E-state index contributed by atoms with van der Waals surface area (Å²) in [5.41, 5.74) is 2.81. The zero-order chi connectivity index (χ0) is 20.9. The van der Waals surface area contributed by atoms with Gasteiger partial charge in [0.25, 0.3) is 5.91 Å². The van der Waals surface area contributed by atoms with Crippen LogP contribution in [0.15, 0.2) is 30.1 Å². The zero-order valence-electron chi connectivity index (χ0n) is 17.5. The number of aromatic nitrogens is 3. The first kappa shape index (κ1) is 19.1. The standard InChI is InChI=1S/C22H28N6O2/c1-13-8-14(21(29)24-13)9-15-12-23-28-19(26-16-4-5-16)10-18(27-20(15)28)25-17-6-7-30-22(2,3)11-17/h9-10,12,16-17,26H,1,4-8,11H2,2-3H3,(H,24,29)(H,25,27)/b14-9+. The minimum absolute atomic E-state index is 0.102. The summed E-state index contributed by atoms with van der Waals surface area (Å²) in [5, 5.41) is 14.5. The van der Waals surface area contributed by atoms with E-state index in [-0.39, 0.29) is 11.5 Å². The third-order valence-corrected chi connectivity index (χ3v) is 5.79. The minimum atomic E-state index is -0.139. The number of ether oxygens (including phenoxy) is 1. The van der Waals surface area contributed by atoms with E-state index in [1.807, 2.05) is 16.7 Å². The molecule has 1 amide bonds. The molecule has 30 heavy (non-hydrogen) atoms. The molecule has 3 fully saturated rings. The normalized spacial score (nSPS) is 25.0. The lowest BCUT2D eigenvalue weighted by Gasteiger charge is -2.36. The van der Waals surface area contributed by atoms with Gasteiger partial charge in [0.1, 0.15) is 11.6 Å². The van der Waals surface area contributed by atoms with Gasteiger partial charge in [-0.15, -0.1) is 0 Å². The first-order chi connectivity index (χ1) is 14.4. The molecule has 0 bridgehead atoms. The van der Waals surface area contributed by atoms with Crippen molar-refractivity contribution in [2.45, 2.75) is 63.6 Å². The third kappa shape index (κ3) is 3.92. The maximum atomic E-state index is 12.1. The van der Waals surface area contributed by atoms with Crippen molar-refractivity contribution < 1.29 is 9.53 Å². The Kier molecular flexibility index (Phi) is 4.54. The van der Waals surface area contributed by atoms with Crippen LogP contribution in [0.2, 0.25) is 0 Å². The van der Waals surface area contributed by atoms with Gasteiger partial charge in [-0.3, -0.25) is 4.79 Å². The van der Waals surface area contributed by atoms with E-state index in [1.54, 1.807) is 6.20 Å². The van der Waals surface area contributed by atoms with E-state index in [9.17, 15) is 4.79 Å². The molecule has 1 aliphatic carbocycles. The molecule has 2 saturated heterocycles. The van der Waals surface area contributed by atoms with E-state index in [4.69, 9.17) is 9.72 Å². The molecule has 0 radical (unpaired) electrons. The van der Waals surface area contributed by atoms with Gasteiger partial charge in [-0.05, 0) is 45.6 Å². The molecule has 1 unspecified atom stereocenters. The fraction of sp³-hybridized carbons (Fsp3) is 0.500. The maximum Gasteiger partial charge on any atom is 0.251 e. The largest absolute Gasteiger partial charge is 0.375 e. The molecule has 8 heteroatoms. The lowest BCUT2D eigenvalue weighted by atomic mass is 9.94. The molecule has 5 rings (SSSR count). The number of carbonyl (C=O) groups excluding carboxylic acids is 1. The van der Waals surface area contributed by atoms with Gasteiger partial charge in [0.2, 0.25) is 0 Å². The van der Waals surface area contributed by atoms with Crippen LogP contribution in [0.5, 0.6) is 0 Å². The Labute approximate surface area is 175 Å². The molecule has 0 aromatic carbocycles. The monoisotopic (exact) mass is 408 g/mol. The van der Waals surface area contributed by atoms with Crippen LogP contribution in [0.3, 0.4) is 0 Å². The fourth-order valence-corrected chi connectivity index (χ4v) is 4.16. The van der Waals surface area contributed by atoms with Crippen LogP contribution in [-0.4, -0.2) is 44.8 Å². The van der Waals surface area contributed by atoms with Crippen molar-refractivity contribution in [1.82, 2.24) is 19.9 Å². The highest BCUT2D eigenvalue weighted by atomic mass is 16.5. The zero-order valence-corrected chi connectivity index (χ0v) is 17.5. The number of hydrogen-bond acceptors (Lipinski definition) is 6. The van der Waals surface area contributed by atoms with Gasteiger partial charge in [0, 0.05) is 48.0 Å². The summed E-state index contributed by atoms with van der Waals surface area (Å²) in [6, 6.07) is 2.81. The van der Waals surface area contributed by atoms with Gasteiger partial charge in [-0.2, -0.15) is 9.61 Å². The van der Waals surface area contributed by atoms with E-state index in [0.29, 0.717) is 24.1 Å². The number of nitrogens with one attached hydrogen (secondary N) is 3. The van der Waals surface area contributed by atoms with Crippen LogP contribution in [0.1, 0.15) is 51.5 Å². The van der Waals surface area contributed by atoms with Crippen LogP contribution in [-0.2, 0) is 9.53 Å². The number of nitrogens with zero attached hydrogens (tertiary/aromatic N) is 3. The number of carbonyl (C=O) groups is 1. The lowest BCUT2D eigenvalue weighted by molar-refractivity contribution is -0.115. The second kappa shape index (κ2) is 7.12. The second-order valence-corrected chi connectivity index (χ2v) is 9.13. The Balaban J connectivity index is 1.50. The maximum absolute atomic E-state index is 12.1. The summed E-state index contributed by atoms with van der Waals surface area (Å²) >= 11 is 0. The second-order valence-electron chi connectivity index (χ2n) is 9.13. The number of fused-ring (bicyclic) bond motifs is 1. The van der Waals surface area contributed by atoms with Crippen LogP contribution in [0.4, 0.5) is 11.6 Å². The lowest BCUT2D eigenvalue weighted by Crippen LogP contribution is -2.40. The summed E-state index contributed by atoms with van der Waals surface area (Å²) in [6.45, 7) is 8.84. The van der Waals surface area contributed by atoms with Gasteiger partial charge in [-0.25, -0.2) is 4.98 Å². The Morgan fingerprint density at radius 2 is 2.13 bits per heavy atom. The first-order valence-corrected chi connectivity index (χ1v) is 10.6. The van der Waals surface area contributed by atoms with E-state index in [2.05, 4.69) is 41.5 Å². The van der Waals surface area contributed by atoms with E-state index in [0.717, 1.165) is 48.0 Å². The Bertz CT molecular complexity index is 1050. The van der Waals surface area contributed by atoms with Gasteiger partial charge in [0.05, 0.1) is 11.8 Å². The Morgan fingerprint density at radius 1 is 1.30 bits per heavy atom.